The maximum Gasteiger partial charge on any atom is 0.252 e. The van der Waals surface area contributed by atoms with E-state index in [9.17, 15) is 17.9 Å². The fourth-order valence-corrected chi connectivity index (χ4v) is 7.53. The molecular formula is C24H27FN2O3S3. The van der Waals surface area contributed by atoms with Crippen molar-refractivity contribution in [2.45, 2.75) is 34.6 Å². The Labute approximate surface area is 202 Å². The summed E-state index contributed by atoms with van der Waals surface area (Å²) in [7, 11) is -3.55. The molecule has 3 aromatic rings. The molecule has 2 heterocycles. The number of benzene rings is 2. The third-order valence-corrected chi connectivity index (χ3v) is 10.1. The second kappa shape index (κ2) is 9.76. The molecule has 0 bridgehead atoms. The highest BCUT2D eigenvalue weighted by Gasteiger charge is 2.35. The molecule has 0 amide bonds. The molecule has 1 saturated heterocycles. The molecule has 0 aliphatic carbocycles. The van der Waals surface area contributed by atoms with E-state index in [0.29, 0.717) is 29.6 Å². The Bertz CT molecular complexity index is 1180. The Morgan fingerprint density at radius 1 is 1.12 bits per heavy atom. The Kier molecular flexibility index (Phi) is 7.16. The van der Waals surface area contributed by atoms with Gasteiger partial charge in [-0.05, 0) is 61.2 Å². The van der Waals surface area contributed by atoms with Gasteiger partial charge in [-0.3, -0.25) is 0 Å². The van der Waals surface area contributed by atoms with Crippen LogP contribution in [0.5, 0.6) is 0 Å². The van der Waals surface area contributed by atoms with Gasteiger partial charge in [0, 0.05) is 36.0 Å². The topological polar surface area (TPSA) is 60.9 Å². The molecule has 176 valence electrons. The number of thioether (sulfide) groups is 1. The van der Waals surface area contributed by atoms with Crippen molar-refractivity contribution >= 4 is 38.8 Å². The van der Waals surface area contributed by atoms with Crippen LogP contribution in [0.4, 0.5) is 10.1 Å². The SMILES string of the molecule is CC(C)(O)c1ccc(N2CCN(S(=O)(=O)c3cccs3)C[C@@H]2CSc2cccc(F)c2)cc1. The van der Waals surface area contributed by atoms with Crippen molar-refractivity contribution in [3.63, 3.8) is 0 Å². The van der Waals surface area contributed by atoms with Crippen LogP contribution in [0.3, 0.4) is 0 Å². The molecular weight excluding hydrogens is 479 g/mol. The van der Waals surface area contributed by atoms with Crippen molar-refractivity contribution in [2.24, 2.45) is 0 Å². The smallest absolute Gasteiger partial charge is 0.252 e. The van der Waals surface area contributed by atoms with Gasteiger partial charge >= 0.3 is 0 Å². The highest BCUT2D eigenvalue weighted by molar-refractivity contribution is 7.99. The monoisotopic (exact) mass is 506 g/mol. The maximum atomic E-state index is 13.7. The first kappa shape index (κ1) is 24.2. The Morgan fingerprint density at radius 2 is 1.88 bits per heavy atom. The Morgan fingerprint density at radius 3 is 2.52 bits per heavy atom. The van der Waals surface area contributed by atoms with Crippen LogP contribution in [-0.2, 0) is 15.6 Å². The average molecular weight is 507 g/mol. The molecule has 1 N–H and O–H groups in total. The number of rotatable bonds is 7. The van der Waals surface area contributed by atoms with Crippen molar-refractivity contribution in [3.8, 4) is 0 Å². The summed E-state index contributed by atoms with van der Waals surface area (Å²) in [6.07, 6.45) is 0. The summed E-state index contributed by atoms with van der Waals surface area (Å²) in [5, 5.41) is 12.0. The third kappa shape index (κ3) is 5.60. The van der Waals surface area contributed by atoms with Gasteiger partial charge in [-0.1, -0.05) is 24.3 Å². The molecule has 1 atom stereocenters. The minimum Gasteiger partial charge on any atom is -0.386 e. The number of anilines is 1. The van der Waals surface area contributed by atoms with Gasteiger partial charge in [0.1, 0.15) is 10.0 Å². The minimum atomic E-state index is -3.55. The van der Waals surface area contributed by atoms with Gasteiger partial charge in [-0.2, -0.15) is 4.31 Å². The lowest BCUT2D eigenvalue weighted by molar-refractivity contribution is 0.0786. The van der Waals surface area contributed by atoms with E-state index in [0.717, 1.165) is 16.1 Å². The molecule has 9 heteroatoms. The first-order valence-corrected chi connectivity index (χ1v) is 14.0. The highest BCUT2D eigenvalue weighted by atomic mass is 32.2. The van der Waals surface area contributed by atoms with E-state index < -0.39 is 15.6 Å². The number of halogens is 1. The van der Waals surface area contributed by atoms with E-state index in [1.54, 1.807) is 41.7 Å². The molecule has 4 rings (SSSR count). The van der Waals surface area contributed by atoms with Crippen LogP contribution in [0.1, 0.15) is 19.4 Å². The van der Waals surface area contributed by atoms with E-state index >= 15 is 0 Å². The first-order valence-electron chi connectivity index (χ1n) is 10.7. The van der Waals surface area contributed by atoms with Gasteiger partial charge in [0.05, 0.1) is 11.6 Å². The van der Waals surface area contributed by atoms with Crippen LogP contribution >= 0.6 is 23.1 Å². The van der Waals surface area contributed by atoms with Gasteiger partial charge in [-0.15, -0.1) is 23.1 Å². The van der Waals surface area contributed by atoms with E-state index in [-0.39, 0.29) is 11.9 Å². The van der Waals surface area contributed by atoms with Crippen molar-refractivity contribution in [1.82, 2.24) is 4.31 Å². The lowest BCUT2D eigenvalue weighted by Crippen LogP contribution is -2.55. The Hall–Kier alpha value is -1.91. The average Bonchev–Trinajstić information content (AvgIpc) is 3.33. The number of hydrogen-bond acceptors (Lipinski definition) is 6. The number of piperazine rings is 1. The molecule has 0 spiro atoms. The van der Waals surface area contributed by atoms with Gasteiger partial charge in [0.25, 0.3) is 10.0 Å². The van der Waals surface area contributed by atoms with Crippen LogP contribution in [0.2, 0.25) is 0 Å². The van der Waals surface area contributed by atoms with Crippen molar-refractivity contribution in [1.29, 1.82) is 0 Å². The van der Waals surface area contributed by atoms with Crippen LogP contribution in [-0.4, -0.2) is 49.3 Å². The largest absolute Gasteiger partial charge is 0.386 e. The molecule has 1 aromatic heterocycles. The van der Waals surface area contributed by atoms with E-state index in [2.05, 4.69) is 4.90 Å². The lowest BCUT2D eigenvalue weighted by atomic mass is 9.98. The van der Waals surface area contributed by atoms with Gasteiger partial charge in [-0.25, -0.2) is 12.8 Å². The van der Waals surface area contributed by atoms with E-state index in [4.69, 9.17) is 0 Å². The fourth-order valence-electron chi connectivity index (χ4n) is 3.88. The van der Waals surface area contributed by atoms with Crippen LogP contribution in [0, 0.1) is 5.82 Å². The minimum absolute atomic E-state index is 0.102. The van der Waals surface area contributed by atoms with E-state index in [1.165, 1.54) is 35.2 Å². The highest BCUT2D eigenvalue weighted by Crippen LogP contribution is 2.31. The predicted molar refractivity (Wildman–Crippen MR) is 133 cm³/mol. The van der Waals surface area contributed by atoms with Crippen LogP contribution in [0.15, 0.2) is 75.1 Å². The summed E-state index contributed by atoms with van der Waals surface area (Å²) in [6, 6.07) is 17.5. The van der Waals surface area contributed by atoms with Gasteiger partial charge in [0.15, 0.2) is 0 Å². The summed E-state index contributed by atoms with van der Waals surface area (Å²) in [5.41, 5.74) is 0.857. The van der Waals surface area contributed by atoms with Crippen LogP contribution < -0.4 is 4.90 Å². The molecule has 0 unspecified atom stereocenters. The fraction of sp³-hybridized carbons (Fsp3) is 0.333. The molecule has 0 saturated carbocycles. The summed E-state index contributed by atoms with van der Waals surface area (Å²) >= 11 is 2.74. The van der Waals surface area contributed by atoms with E-state index in [1.807, 2.05) is 30.3 Å². The van der Waals surface area contributed by atoms with Gasteiger partial charge in [0.2, 0.25) is 0 Å². The molecule has 1 aliphatic heterocycles. The number of hydrogen-bond donors (Lipinski definition) is 1. The molecule has 0 radical (unpaired) electrons. The molecule has 33 heavy (non-hydrogen) atoms. The number of thiophene rings is 1. The summed E-state index contributed by atoms with van der Waals surface area (Å²) in [6.45, 7) is 4.76. The van der Waals surface area contributed by atoms with Crippen molar-refractivity contribution < 1.29 is 17.9 Å². The second-order valence-corrected chi connectivity index (χ2v) is 12.7. The van der Waals surface area contributed by atoms with Crippen molar-refractivity contribution in [2.75, 3.05) is 30.3 Å². The maximum absolute atomic E-state index is 13.7. The summed E-state index contributed by atoms with van der Waals surface area (Å²) in [5.74, 6) is 0.317. The van der Waals surface area contributed by atoms with Gasteiger partial charge < -0.3 is 10.0 Å². The number of nitrogens with zero attached hydrogens (tertiary/aromatic N) is 2. The first-order chi connectivity index (χ1) is 15.6. The number of sulfonamides is 1. The Balaban J connectivity index is 1.58. The quantitative estimate of drug-likeness (QED) is 0.467. The lowest BCUT2D eigenvalue weighted by Gasteiger charge is -2.42. The standard InChI is InChI=1S/C24H27FN2O3S3/c1-24(2,28)18-8-10-20(11-9-18)27-13-12-26(33(29,30)23-7-4-14-31-23)16-21(27)17-32-22-6-3-5-19(25)15-22/h3-11,14-15,21,28H,12-13,16-17H2,1-2H3/t21-/m1/s1. The molecule has 2 aromatic carbocycles. The third-order valence-electron chi connectivity index (χ3n) is 5.68. The zero-order valence-corrected chi connectivity index (χ0v) is 21.0. The predicted octanol–water partition coefficient (Wildman–Crippen LogP) is 4.79. The van der Waals surface area contributed by atoms with Crippen LogP contribution in [0.25, 0.3) is 0 Å². The number of aliphatic hydroxyl groups is 1. The zero-order valence-electron chi connectivity index (χ0n) is 18.5. The molecule has 1 fully saturated rings. The second-order valence-electron chi connectivity index (χ2n) is 8.52. The molecule has 1 aliphatic rings. The zero-order chi connectivity index (χ0) is 23.6. The molecule has 5 nitrogen and oxygen atoms in total. The summed E-state index contributed by atoms with van der Waals surface area (Å²) in [4.78, 5) is 3.02. The normalized spacial score (nSPS) is 17.9. The van der Waals surface area contributed by atoms with Crippen molar-refractivity contribution in [3.05, 3.63) is 77.4 Å². The summed E-state index contributed by atoms with van der Waals surface area (Å²) < 4.78 is 41.8.